The van der Waals surface area contributed by atoms with E-state index in [0.29, 0.717) is 12.5 Å². The highest BCUT2D eigenvalue weighted by Gasteiger charge is 2.20. The predicted octanol–water partition coefficient (Wildman–Crippen LogP) is 2.55. The third-order valence-electron chi connectivity index (χ3n) is 4.00. The van der Waals surface area contributed by atoms with Gasteiger partial charge in [-0.2, -0.15) is 5.10 Å². The number of hydrogen-bond donors (Lipinski definition) is 2. The van der Waals surface area contributed by atoms with Crippen molar-refractivity contribution in [1.29, 1.82) is 0 Å². The van der Waals surface area contributed by atoms with Crippen molar-refractivity contribution in [2.75, 3.05) is 6.54 Å². The standard InChI is InChI=1S/C16H30N4O.2ClH/c1-10(2)7-14(9-17)18-16(21)11(3)8-15-12(4)19-20(6)13(15)5;;/h10-11,14H,7-9,17H2,1-6H3,(H,18,21);2*1H. The number of hydrogen-bond acceptors (Lipinski definition) is 3. The minimum atomic E-state index is -0.0761. The molecular weight excluding hydrogens is 335 g/mol. The first-order valence-corrected chi connectivity index (χ1v) is 7.75. The Morgan fingerprint density at radius 2 is 1.83 bits per heavy atom. The van der Waals surface area contributed by atoms with Gasteiger partial charge in [0, 0.05) is 31.2 Å². The molecule has 0 aliphatic heterocycles. The Bertz CT molecular complexity index is 489. The maximum absolute atomic E-state index is 12.3. The van der Waals surface area contributed by atoms with Gasteiger partial charge < -0.3 is 11.1 Å². The summed E-state index contributed by atoms with van der Waals surface area (Å²) in [5.74, 6) is 0.526. The highest BCUT2D eigenvalue weighted by Crippen LogP contribution is 2.17. The van der Waals surface area contributed by atoms with Crippen molar-refractivity contribution < 1.29 is 4.79 Å². The first-order valence-electron chi connectivity index (χ1n) is 7.75. The summed E-state index contributed by atoms with van der Waals surface area (Å²) in [5, 5.41) is 7.48. The van der Waals surface area contributed by atoms with Crippen molar-refractivity contribution in [1.82, 2.24) is 15.1 Å². The van der Waals surface area contributed by atoms with Crippen molar-refractivity contribution in [3.8, 4) is 0 Å². The number of rotatable bonds is 7. The molecule has 0 spiro atoms. The lowest BCUT2D eigenvalue weighted by Crippen LogP contribution is -2.43. The van der Waals surface area contributed by atoms with Gasteiger partial charge in [0.1, 0.15) is 0 Å². The average Bonchev–Trinajstić information content (AvgIpc) is 2.63. The maximum Gasteiger partial charge on any atom is 0.223 e. The summed E-state index contributed by atoms with van der Waals surface area (Å²) in [4.78, 5) is 12.3. The molecule has 0 aliphatic rings. The van der Waals surface area contributed by atoms with Crippen LogP contribution in [0.4, 0.5) is 0 Å². The molecule has 0 radical (unpaired) electrons. The lowest BCUT2D eigenvalue weighted by atomic mass is 9.97. The number of amides is 1. The van der Waals surface area contributed by atoms with Crippen molar-refractivity contribution >= 4 is 30.7 Å². The normalized spacial score (nSPS) is 13.0. The molecule has 136 valence electrons. The van der Waals surface area contributed by atoms with Crippen LogP contribution in [0.25, 0.3) is 0 Å². The molecule has 2 unspecified atom stereocenters. The van der Waals surface area contributed by atoms with Gasteiger partial charge in [0.25, 0.3) is 0 Å². The lowest BCUT2D eigenvalue weighted by molar-refractivity contribution is -0.125. The predicted molar refractivity (Wildman–Crippen MR) is 100 cm³/mol. The van der Waals surface area contributed by atoms with Gasteiger partial charge in [-0.1, -0.05) is 20.8 Å². The number of carbonyl (C=O) groups is 1. The number of nitrogens with zero attached hydrogens (tertiary/aromatic N) is 2. The molecule has 1 amide bonds. The highest BCUT2D eigenvalue weighted by molar-refractivity contribution is 5.85. The van der Waals surface area contributed by atoms with E-state index in [1.807, 2.05) is 32.5 Å². The van der Waals surface area contributed by atoms with Gasteiger partial charge in [-0.25, -0.2) is 0 Å². The van der Waals surface area contributed by atoms with Crippen LogP contribution in [-0.4, -0.2) is 28.3 Å². The first kappa shape index (κ1) is 24.5. The monoisotopic (exact) mass is 366 g/mol. The molecular formula is C16H32Cl2N4O. The van der Waals surface area contributed by atoms with E-state index in [0.717, 1.165) is 24.2 Å². The summed E-state index contributed by atoms with van der Waals surface area (Å²) in [6.07, 6.45) is 1.64. The van der Waals surface area contributed by atoms with Crippen LogP contribution in [-0.2, 0) is 18.3 Å². The molecule has 0 fully saturated rings. The van der Waals surface area contributed by atoms with Crippen LogP contribution in [0.1, 0.15) is 44.1 Å². The fourth-order valence-electron chi connectivity index (χ4n) is 2.64. The van der Waals surface area contributed by atoms with Crippen molar-refractivity contribution in [3.05, 3.63) is 17.0 Å². The van der Waals surface area contributed by atoms with Gasteiger partial charge in [0.15, 0.2) is 0 Å². The third kappa shape index (κ3) is 7.10. The molecule has 23 heavy (non-hydrogen) atoms. The van der Waals surface area contributed by atoms with Gasteiger partial charge in [0.05, 0.1) is 5.69 Å². The van der Waals surface area contributed by atoms with E-state index in [4.69, 9.17) is 5.73 Å². The van der Waals surface area contributed by atoms with Crippen LogP contribution in [0.3, 0.4) is 0 Å². The number of carbonyl (C=O) groups excluding carboxylic acids is 1. The van der Waals surface area contributed by atoms with E-state index in [1.165, 1.54) is 5.56 Å². The number of halogens is 2. The van der Waals surface area contributed by atoms with Gasteiger partial charge in [-0.05, 0) is 38.2 Å². The lowest BCUT2D eigenvalue weighted by Gasteiger charge is -2.21. The molecule has 5 nitrogen and oxygen atoms in total. The van der Waals surface area contributed by atoms with Crippen molar-refractivity contribution in [2.24, 2.45) is 24.6 Å². The van der Waals surface area contributed by atoms with Crippen molar-refractivity contribution in [3.63, 3.8) is 0 Å². The van der Waals surface area contributed by atoms with E-state index < -0.39 is 0 Å². The Hall–Kier alpha value is -0.780. The molecule has 3 N–H and O–H groups in total. The summed E-state index contributed by atoms with van der Waals surface area (Å²) in [5.41, 5.74) is 9.06. The molecule has 0 saturated carbocycles. The van der Waals surface area contributed by atoms with Crippen LogP contribution in [0, 0.1) is 25.7 Å². The molecule has 0 aliphatic carbocycles. The number of nitrogens with two attached hydrogens (primary N) is 1. The molecule has 1 aromatic rings. The van der Waals surface area contributed by atoms with Crippen LogP contribution in [0.15, 0.2) is 0 Å². The van der Waals surface area contributed by atoms with Crippen LogP contribution in [0.5, 0.6) is 0 Å². The zero-order chi connectivity index (χ0) is 16.2. The Labute approximate surface area is 152 Å². The zero-order valence-corrected chi connectivity index (χ0v) is 16.7. The molecule has 0 saturated heterocycles. The second kappa shape index (κ2) is 10.9. The Balaban J connectivity index is 0. The highest BCUT2D eigenvalue weighted by atomic mass is 35.5. The summed E-state index contributed by atoms with van der Waals surface area (Å²) < 4.78 is 1.87. The average molecular weight is 367 g/mol. The van der Waals surface area contributed by atoms with Gasteiger partial charge in [-0.15, -0.1) is 24.8 Å². The second-order valence-electron chi connectivity index (χ2n) is 6.45. The molecule has 7 heteroatoms. The zero-order valence-electron chi connectivity index (χ0n) is 15.0. The topological polar surface area (TPSA) is 72.9 Å². The quantitative estimate of drug-likeness (QED) is 0.778. The largest absolute Gasteiger partial charge is 0.352 e. The summed E-state index contributed by atoms with van der Waals surface area (Å²) in [6, 6.07) is 0.0658. The minimum absolute atomic E-state index is 0. The van der Waals surface area contributed by atoms with E-state index in [9.17, 15) is 4.79 Å². The Morgan fingerprint density at radius 1 is 1.26 bits per heavy atom. The fraction of sp³-hybridized carbons (Fsp3) is 0.750. The Kier molecular flexibility index (Phi) is 11.6. The van der Waals surface area contributed by atoms with Gasteiger partial charge in [-0.3, -0.25) is 9.48 Å². The number of aryl methyl sites for hydroxylation is 2. The molecule has 0 bridgehead atoms. The maximum atomic E-state index is 12.3. The van der Waals surface area contributed by atoms with Gasteiger partial charge >= 0.3 is 0 Å². The molecule has 1 aromatic heterocycles. The first-order chi connectivity index (χ1) is 9.76. The molecule has 2 atom stereocenters. The molecule has 0 aromatic carbocycles. The van der Waals surface area contributed by atoms with Crippen LogP contribution < -0.4 is 11.1 Å². The molecule has 1 rings (SSSR count). The van der Waals surface area contributed by atoms with E-state index >= 15 is 0 Å². The van der Waals surface area contributed by atoms with Gasteiger partial charge in [0.2, 0.25) is 5.91 Å². The second-order valence-corrected chi connectivity index (χ2v) is 6.45. The smallest absolute Gasteiger partial charge is 0.223 e. The number of nitrogens with one attached hydrogen (secondary N) is 1. The van der Waals surface area contributed by atoms with E-state index in [2.05, 4.69) is 24.3 Å². The van der Waals surface area contributed by atoms with Crippen LogP contribution in [0.2, 0.25) is 0 Å². The third-order valence-corrected chi connectivity index (χ3v) is 4.00. The minimum Gasteiger partial charge on any atom is -0.352 e. The summed E-state index contributed by atoms with van der Waals surface area (Å²) >= 11 is 0. The number of aromatic nitrogens is 2. The fourth-order valence-corrected chi connectivity index (χ4v) is 2.64. The van der Waals surface area contributed by atoms with Crippen LogP contribution >= 0.6 is 24.8 Å². The van der Waals surface area contributed by atoms with E-state index in [-0.39, 0.29) is 42.7 Å². The summed E-state index contributed by atoms with van der Waals surface area (Å²) in [7, 11) is 1.93. The SMILES string of the molecule is Cc1nn(C)c(C)c1CC(C)C(=O)NC(CN)CC(C)C.Cl.Cl. The summed E-state index contributed by atoms with van der Waals surface area (Å²) in [6.45, 7) is 10.8. The Morgan fingerprint density at radius 3 is 2.22 bits per heavy atom. The van der Waals surface area contributed by atoms with E-state index in [1.54, 1.807) is 0 Å². The van der Waals surface area contributed by atoms with Crippen molar-refractivity contribution in [2.45, 2.75) is 53.5 Å². The molecule has 1 heterocycles.